The van der Waals surface area contributed by atoms with E-state index in [-0.39, 0.29) is 5.91 Å². The molecular weight excluding hydrogens is 156 g/mol. The highest BCUT2D eigenvalue weighted by molar-refractivity contribution is 5.92. The van der Waals surface area contributed by atoms with Gasteiger partial charge in [-0.25, -0.2) is 10.0 Å². The van der Waals surface area contributed by atoms with Crippen molar-refractivity contribution in [1.29, 1.82) is 0 Å². The number of hydrogen-bond acceptors (Lipinski definition) is 2. The Labute approximate surface area is 70.7 Å². The molecular formula is C8H11N2O2+. The van der Waals surface area contributed by atoms with E-state index in [1.807, 2.05) is 0 Å². The highest BCUT2D eigenvalue weighted by Crippen LogP contribution is 1.98. The molecule has 0 spiro atoms. The van der Waals surface area contributed by atoms with Crippen LogP contribution in [0.15, 0.2) is 24.5 Å². The first kappa shape index (κ1) is 8.67. The van der Waals surface area contributed by atoms with Crippen LogP contribution in [-0.4, -0.2) is 25.1 Å². The van der Waals surface area contributed by atoms with Gasteiger partial charge in [0.2, 0.25) is 0 Å². The number of aromatic nitrogens is 1. The maximum Gasteiger partial charge on any atom is 0.283 e. The normalized spacial score (nSPS) is 9.50. The first-order valence-electron chi connectivity index (χ1n) is 3.54. The number of hydrogen-bond donors (Lipinski definition) is 0. The summed E-state index contributed by atoms with van der Waals surface area (Å²) in [6, 6.07) is 3.48. The molecule has 0 saturated carbocycles. The van der Waals surface area contributed by atoms with Gasteiger partial charge in [0.15, 0.2) is 12.4 Å². The fourth-order valence-corrected chi connectivity index (χ4v) is 0.791. The molecule has 0 aliphatic rings. The molecule has 64 valence electrons. The Kier molecular flexibility index (Phi) is 2.76. The second-order valence-electron chi connectivity index (χ2n) is 2.28. The number of nitrogens with zero attached hydrogens (tertiary/aromatic N) is 1. The van der Waals surface area contributed by atoms with Crippen molar-refractivity contribution in [2.75, 3.05) is 14.2 Å². The maximum absolute atomic E-state index is 11.4. The van der Waals surface area contributed by atoms with E-state index in [1.54, 1.807) is 31.6 Å². The molecule has 1 aromatic rings. The summed E-state index contributed by atoms with van der Waals surface area (Å²) in [6.07, 6.45) is 3.36. The molecule has 4 heteroatoms. The number of amides is 1. The largest absolute Gasteiger partial charge is 0.283 e. The summed E-state index contributed by atoms with van der Waals surface area (Å²) in [5.41, 5.74) is 0.571. The van der Waals surface area contributed by atoms with E-state index in [4.69, 9.17) is 4.84 Å². The van der Waals surface area contributed by atoms with Crippen LogP contribution in [0.1, 0.15) is 10.4 Å². The van der Waals surface area contributed by atoms with Gasteiger partial charge in [-0.3, -0.25) is 9.63 Å². The van der Waals surface area contributed by atoms with Crippen LogP contribution >= 0.6 is 0 Å². The van der Waals surface area contributed by atoms with Gasteiger partial charge in [0.05, 0.1) is 7.11 Å². The van der Waals surface area contributed by atoms with E-state index in [2.05, 4.69) is 4.98 Å². The van der Waals surface area contributed by atoms with E-state index in [0.29, 0.717) is 5.56 Å². The predicted molar refractivity (Wildman–Crippen MR) is 42.1 cm³/mol. The summed E-state index contributed by atoms with van der Waals surface area (Å²) < 4.78 is 0. The first-order chi connectivity index (χ1) is 5.75. The lowest BCUT2D eigenvalue weighted by atomic mass is 10.3. The molecule has 0 aliphatic heterocycles. The average Bonchev–Trinajstić information content (AvgIpc) is 2.17. The fourth-order valence-electron chi connectivity index (χ4n) is 0.791. The van der Waals surface area contributed by atoms with Crippen molar-refractivity contribution < 1.29 is 14.6 Å². The van der Waals surface area contributed by atoms with Gasteiger partial charge in [0.25, 0.3) is 5.91 Å². The standard InChI is InChI=1S/C8H10N2O2/c1-10(12-2)8(11)7-4-3-5-9-6-7/h3-6H,1-2H3/p+1. The molecule has 0 unspecified atom stereocenters. The smallest absolute Gasteiger partial charge is 0.274 e. The van der Waals surface area contributed by atoms with Crippen LogP contribution in [-0.2, 0) is 4.84 Å². The van der Waals surface area contributed by atoms with Crippen molar-refractivity contribution in [2.45, 2.75) is 0 Å². The van der Waals surface area contributed by atoms with Crippen LogP contribution in [0.5, 0.6) is 0 Å². The van der Waals surface area contributed by atoms with Crippen molar-refractivity contribution >= 4 is 5.91 Å². The Morgan fingerprint density at radius 3 is 2.92 bits per heavy atom. The van der Waals surface area contributed by atoms with E-state index in [9.17, 15) is 4.79 Å². The lowest BCUT2D eigenvalue weighted by molar-refractivity contribution is -0.378. The zero-order valence-corrected chi connectivity index (χ0v) is 7.07. The lowest BCUT2D eigenvalue weighted by Gasteiger charge is -2.11. The number of hydroxylamine groups is 2. The molecule has 1 heterocycles. The van der Waals surface area contributed by atoms with E-state index >= 15 is 0 Å². The van der Waals surface area contributed by atoms with E-state index in [0.717, 1.165) is 0 Å². The minimum absolute atomic E-state index is 0.172. The number of rotatable bonds is 2. The molecule has 0 saturated heterocycles. The quantitative estimate of drug-likeness (QED) is 0.588. The van der Waals surface area contributed by atoms with E-state index in [1.165, 1.54) is 12.2 Å². The molecule has 1 amide bonds. The van der Waals surface area contributed by atoms with Crippen LogP contribution in [0.2, 0.25) is 0 Å². The average molecular weight is 167 g/mol. The highest BCUT2D eigenvalue weighted by atomic mass is 16.7. The molecule has 0 atom stereocenters. The van der Waals surface area contributed by atoms with Crippen LogP contribution in [0.3, 0.4) is 0 Å². The molecule has 0 fully saturated rings. The number of aromatic amines is 1. The second kappa shape index (κ2) is 3.82. The third kappa shape index (κ3) is 1.79. The van der Waals surface area contributed by atoms with Gasteiger partial charge in [0, 0.05) is 13.1 Å². The zero-order valence-electron chi connectivity index (χ0n) is 7.07. The summed E-state index contributed by atoms with van der Waals surface area (Å²) in [5.74, 6) is -0.172. The second-order valence-corrected chi connectivity index (χ2v) is 2.28. The first-order valence-corrected chi connectivity index (χ1v) is 3.54. The van der Waals surface area contributed by atoms with Gasteiger partial charge in [-0.05, 0) is 6.07 Å². The Morgan fingerprint density at radius 1 is 1.67 bits per heavy atom. The topological polar surface area (TPSA) is 43.7 Å². The zero-order chi connectivity index (χ0) is 8.97. The fraction of sp³-hybridized carbons (Fsp3) is 0.250. The molecule has 0 bridgehead atoms. The molecule has 1 rings (SSSR count). The number of carbonyl (C=O) groups excluding carboxylic acids is 1. The Balaban J connectivity index is 2.79. The molecule has 0 radical (unpaired) electrons. The summed E-state index contributed by atoms with van der Waals surface area (Å²) in [5, 5.41) is 1.17. The number of pyridine rings is 1. The molecule has 0 aromatic carbocycles. The van der Waals surface area contributed by atoms with Gasteiger partial charge in [-0.2, -0.15) is 0 Å². The summed E-state index contributed by atoms with van der Waals surface area (Å²) in [4.78, 5) is 18.9. The summed E-state index contributed by atoms with van der Waals surface area (Å²) in [6.45, 7) is 0. The number of H-pyrrole nitrogens is 1. The minimum atomic E-state index is -0.172. The Bertz CT molecular complexity index is 261. The molecule has 12 heavy (non-hydrogen) atoms. The van der Waals surface area contributed by atoms with Crippen molar-refractivity contribution in [2.24, 2.45) is 0 Å². The monoisotopic (exact) mass is 167 g/mol. The van der Waals surface area contributed by atoms with Gasteiger partial charge in [-0.15, -0.1) is 0 Å². The van der Waals surface area contributed by atoms with Crippen molar-refractivity contribution in [3.05, 3.63) is 30.1 Å². The summed E-state index contributed by atoms with van der Waals surface area (Å²) in [7, 11) is 3.01. The SMILES string of the molecule is CON(C)C(=O)c1ccc[nH+]c1. The predicted octanol–water partition coefficient (Wildman–Crippen LogP) is 0.134. The third-order valence-corrected chi connectivity index (χ3v) is 1.51. The molecule has 1 aromatic heterocycles. The van der Waals surface area contributed by atoms with Crippen LogP contribution in [0.4, 0.5) is 0 Å². The van der Waals surface area contributed by atoms with Crippen LogP contribution in [0, 0.1) is 0 Å². The van der Waals surface area contributed by atoms with Crippen molar-refractivity contribution in [3.8, 4) is 0 Å². The van der Waals surface area contributed by atoms with Crippen molar-refractivity contribution in [1.82, 2.24) is 5.06 Å². The Hall–Kier alpha value is -1.42. The van der Waals surface area contributed by atoms with Crippen LogP contribution < -0.4 is 4.98 Å². The number of carbonyl (C=O) groups is 1. The molecule has 1 N–H and O–H groups in total. The highest BCUT2D eigenvalue weighted by Gasteiger charge is 2.11. The van der Waals surface area contributed by atoms with E-state index < -0.39 is 0 Å². The third-order valence-electron chi connectivity index (χ3n) is 1.51. The van der Waals surface area contributed by atoms with Gasteiger partial charge < -0.3 is 0 Å². The van der Waals surface area contributed by atoms with Gasteiger partial charge >= 0.3 is 0 Å². The van der Waals surface area contributed by atoms with Gasteiger partial charge in [-0.1, -0.05) is 0 Å². The minimum Gasteiger partial charge on any atom is -0.274 e. The van der Waals surface area contributed by atoms with Crippen LogP contribution in [0.25, 0.3) is 0 Å². The maximum atomic E-state index is 11.4. The van der Waals surface area contributed by atoms with Crippen molar-refractivity contribution in [3.63, 3.8) is 0 Å². The molecule has 4 nitrogen and oxygen atoms in total. The number of nitrogens with one attached hydrogen (secondary N) is 1. The summed E-state index contributed by atoms with van der Waals surface area (Å²) >= 11 is 0. The Morgan fingerprint density at radius 2 is 2.42 bits per heavy atom. The van der Waals surface area contributed by atoms with Gasteiger partial charge in [0.1, 0.15) is 5.56 Å². The lowest BCUT2D eigenvalue weighted by Crippen LogP contribution is -2.26. The molecule has 0 aliphatic carbocycles.